The van der Waals surface area contributed by atoms with Crippen LogP contribution in [-0.4, -0.2) is 18.1 Å². The van der Waals surface area contributed by atoms with Crippen LogP contribution in [0.1, 0.15) is 38.3 Å². The number of halogens is 3. The van der Waals surface area contributed by atoms with Gasteiger partial charge in [-0.05, 0) is 37.5 Å². The summed E-state index contributed by atoms with van der Waals surface area (Å²) in [4.78, 5) is 1.70. The fourth-order valence-corrected chi connectivity index (χ4v) is 2.47. The first-order valence-corrected chi connectivity index (χ1v) is 7.18. The quantitative estimate of drug-likeness (QED) is 0.825. The van der Waals surface area contributed by atoms with Gasteiger partial charge < -0.3 is 10.6 Å². The molecule has 0 bridgehead atoms. The van der Waals surface area contributed by atoms with Crippen LogP contribution >= 0.6 is 12.2 Å². The van der Waals surface area contributed by atoms with Gasteiger partial charge >= 0.3 is 6.18 Å². The van der Waals surface area contributed by atoms with Crippen LogP contribution in [0.5, 0.6) is 0 Å². The highest BCUT2D eigenvalue weighted by molar-refractivity contribution is 7.80. The minimum atomic E-state index is -4.46. The molecule has 0 aliphatic carbocycles. The maximum Gasteiger partial charge on any atom is 0.417 e. The highest BCUT2D eigenvalue weighted by Gasteiger charge is 2.34. The van der Waals surface area contributed by atoms with Crippen molar-refractivity contribution in [1.29, 1.82) is 0 Å². The van der Waals surface area contributed by atoms with E-state index in [0.29, 0.717) is 11.6 Å². The molecule has 0 spiro atoms. The molecule has 0 aromatic heterocycles. The van der Waals surface area contributed by atoms with Gasteiger partial charge in [0.1, 0.15) is 4.99 Å². The van der Waals surface area contributed by atoms with Crippen LogP contribution < -0.4 is 10.6 Å². The number of nitrogens with zero attached hydrogens (tertiary/aromatic N) is 1. The zero-order valence-electron chi connectivity index (χ0n) is 12.7. The van der Waals surface area contributed by atoms with Gasteiger partial charge in [0, 0.05) is 24.3 Å². The van der Waals surface area contributed by atoms with Crippen molar-refractivity contribution in [1.82, 2.24) is 0 Å². The van der Waals surface area contributed by atoms with E-state index in [1.807, 2.05) is 18.9 Å². The molecule has 1 aromatic carbocycles. The van der Waals surface area contributed by atoms with Gasteiger partial charge in [0.25, 0.3) is 0 Å². The van der Waals surface area contributed by atoms with Crippen molar-refractivity contribution < 1.29 is 13.2 Å². The summed E-state index contributed by atoms with van der Waals surface area (Å²) >= 11 is 4.76. The van der Waals surface area contributed by atoms with E-state index in [1.165, 1.54) is 12.1 Å². The standard InChI is InChI=1S/C15H21F3N2S/c1-9(2)7-10(3)20(4)11-5-6-13(15(16,17)18)12(8-11)14(19)21/h5-6,8-10H,7H2,1-4H3,(H2,19,21). The smallest absolute Gasteiger partial charge is 0.389 e. The lowest BCUT2D eigenvalue weighted by molar-refractivity contribution is -0.137. The van der Waals surface area contributed by atoms with Crippen molar-refractivity contribution in [2.24, 2.45) is 11.7 Å². The van der Waals surface area contributed by atoms with E-state index >= 15 is 0 Å². The Bertz CT molecular complexity index is 512. The van der Waals surface area contributed by atoms with Crippen molar-refractivity contribution in [3.05, 3.63) is 29.3 Å². The summed E-state index contributed by atoms with van der Waals surface area (Å²) in [5.74, 6) is 0.506. The van der Waals surface area contributed by atoms with Gasteiger partial charge in [-0.2, -0.15) is 13.2 Å². The predicted octanol–water partition coefficient (Wildman–Crippen LogP) is 4.21. The first kappa shape index (κ1) is 17.8. The van der Waals surface area contributed by atoms with Crippen molar-refractivity contribution in [2.75, 3.05) is 11.9 Å². The first-order valence-electron chi connectivity index (χ1n) is 6.78. The topological polar surface area (TPSA) is 29.3 Å². The highest BCUT2D eigenvalue weighted by atomic mass is 32.1. The molecule has 118 valence electrons. The summed E-state index contributed by atoms with van der Waals surface area (Å²) < 4.78 is 38.8. The summed E-state index contributed by atoms with van der Waals surface area (Å²) in [6.07, 6.45) is -3.51. The average molecular weight is 318 g/mol. The normalized spacial score (nSPS) is 13.3. The number of hydrogen-bond acceptors (Lipinski definition) is 2. The number of alkyl halides is 3. The SMILES string of the molecule is CC(C)CC(C)N(C)c1ccc(C(F)(F)F)c(C(N)=S)c1. The minimum Gasteiger partial charge on any atom is -0.389 e. The van der Waals surface area contributed by atoms with Gasteiger partial charge in [-0.25, -0.2) is 0 Å². The largest absolute Gasteiger partial charge is 0.417 e. The van der Waals surface area contributed by atoms with Crippen LogP contribution in [0.2, 0.25) is 0 Å². The van der Waals surface area contributed by atoms with Gasteiger partial charge in [-0.3, -0.25) is 0 Å². The fourth-order valence-electron chi connectivity index (χ4n) is 2.30. The third kappa shape index (κ3) is 4.59. The molecule has 0 saturated heterocycles. The van der Waals surface area contributed by atoms with E-state index in [2.05, 4.69) is 13.8 Å². The Morgan fingerprint density at radius 2 is 1.86 bits per heavy atom. The molecular weight excluding hydrogens is 297 g/mol. The van der Waals surface area contributed by atoms with Crippen LogP contribution in [-0.2, 0) is 6.18 Å². The lowest BCUT2D eigenvalue weighted by Gasteiger charge is -2.29. The number of anilines is 1. The molecule has 1 rings (SSSR count). The van der Waals surface area contributed by atoms with E-state index in [4.69, 9.17) is 18.0 Å². The number of benzene rings is 1. The van der Waals surface area contributed by atoms with Crippen molar-refractivity contribution in [3.8, 4) is 0 Å². The van der Waals surface area contributed by atoms with Gasteiger partial charge in [0.15, 0.2) is 0 Å². The van der Waals surface area contributed by atoms with Crippen LogP contribution in [0, 0.1) is 5.92 Å². The Labute approximate surface area is 129 Å². The molecule has 2 N–H and O–H groups in total. The summed E-state index contributed by atoms with van der Waals surface area (Å²) in [5.41, 5.74) is 5.22. The second-order valence-corrected chi connectivity index (χ2v) is 6.12. The average Bonchev–Trinajstić information content (AvgIpc) is 2.35. The summed E-state index contributed by atoms with van der Waals surface area (Å²) in [5, 5.41) is 0. The van der Waals surface area contributed by atoms with Crippen LogP contribution in [0.3, 0.4) is 0 Å². The molecule has 0 heterocycles. The van der Waals surface area contributed by atoms with E-state index in [9.17, 15) is 13.2 Å². The molecular formula is C15H21F3N2S. The first-order chi connectivity index (χ1) is 9.54. The van der Waals surface area contributed by atoms with Crippen LogP contribution in [0.15, 0.2) is 18.2 Å². The van der Waals surface area contributed by atoms with E-state index in [-0.39, 0.29) is 16.6 Å². The Morgan fingerprint density at radius 1 is 1.29 bits per heavy atom. The van der Waals surface area contributed by atoms with Crippen molar-refractivity contribution in [2.45, 2.75) is 39.4 Å². The molecule has 0 aliphatic heterocycles. The lowest BCUT2D eigenvalue weighted by atomic mass is 10.0. The molecule has 1 unspecified atom stereocenters. The highest BCUT2D eigenvalue weighted by Crippen LogP contribution is 2.34. The summed E-state index contributed by atoms with van der Waals surface area (Å²) in [6, 6.07) is 4.13. The predicted molar refractivity (Wildman–Crippen MR) is 84.7 cm³/mol. The van der Waals surface area contributed by atoms with Gasteiger partial charge in [-0.15, -0.1) is 0 Å². The number of rotatable bonds is 5. The monoisotopic (exact) mass is 318 g/mol. The minimum absolute atomic E-state index is 0.126. The third-order valence-electron chi connectivity index (χ3n) is 3.45. The third-order valence-corrected chi connectivity index (χ3v) is 3.67. The molecule has 0 aliphatic rings. The van der Waals surface area contributed by atoms with Gasteiger partial charge in [0.2, 0.25) is 0 Å². The zero-order valence-corrected chi connectivity index (χ0v) is 13.5. The second-order valence-electron chi connectivity index (χ2n) is 5.68. The Balaban J connectivity index is 3.17. The second kappa shape index (κ2) is 6.64. The van der Waals surface area contributed by atoms with Gasteiger partial charge in [0.05, 0.1) is 5.56 Å². The lowest BCUT2D eigenvalue weighted by Crippen LogP contribution is -2.30. The molecule has 2 nitrogen and oxygen atoms in total. The van der Waals surface area contributed by atoms with Crippen LogP contribution in [0.4, 0.5) is 18.9 Å². The molecule has 1 aromatic rings. The number of thiocarbonyl (C=S) groups is 1. The molecule has 0 fully saturated rings. The Kier molecular flexibility index (Phi) is 5.61. The molecule has 1 atom stereocenters. The molecule has 0 amide bonds. The maximum absolute atomic E-state index is 12.9. The Morgan fingerprint density at radius 3 is 2.29 bits per heavy atom. The number of nitrogens with two attached hydrogens (primary N) is 1. The van der Waals surface area contributed by atoms with E-state index in [1.54, 1.807) is 0 Å². The molecule has 0 saturated carbocycles. The van der Waals surface area contributed by atoms with E-state index in [0.717, 1.165) is 12.5 Å². The Hall–Kier alpha value is -1.30. The molecule has 21 heavy (non-hydrogen) atoms. The maximum atomic E-state index is 12.9. The van der Waals surface area contributed by atoms with Crippen molar-refractivity contribution in [3.63, 3.8) is 0 Å². The zero-order chi connectivity index (χ0) is 16.4. The molecule has 6 heteroatoms. The summed E-state index contributed by atoms with van der Waals surface area (Å²) in [7, 11) is 1.86. The molecule has 0 radical (unpaired) electrons. The van der Waals surface area contributed by atoms with Gasteiger partial charge in [-0.1, -0.05) is 26.1 Å². The van der Waals surface area contributed by atoms with Crippen molar-refractivity contribution >= 4 is 22.9 Å². The fraction of sp³-hybridized carbons (Fsp3) is 0.533. The van der Waals surface area contributed by atoms with Crippen LogP contribution in [0.25, 0.3) is 0 Å². The summed E-state index contributed by atoms with van der Waals surface area (Å²) in [6.45, 7) is 6.26. The van der Waals surface area contributed by atoms with E-state index < -0.39 is 11.7 Å². The number of hydrogen-bond donors (Lipinski definition) is 1.